The van der Waals surface area contributed by atoms with E-state index in [9.17, 15) is 18.7 Å². The van der Waals surface area contributed by atoms with Gasteiger partial charge in [0.15, 0.2) is 11.5 Å². The summed E-state index contributed by atoms with van der Waals surface area (Å²) in [6, 6.07) is 15.7. The molecule has 0 saturated heterocycles. The van der Waals surface area contributed by atoms with Crippen LogP contribution in [0.4, 0.5) is 14.5 Å². The molecule has 33 heavy (non-hydrogen) atoms. The number of hydrogen-bond donors (Lipinski definition) is 1. The Morgan fingerprint density at radius 1 is 1.06 bits per heavy atom. The molecule has 1 atom stereocenters. The molecule has 0 bridgehead atoms. The summed E-state index contributed by atoms with van der Waals surface area (Å²) in [4.78, 5) is 16.3. The van der Waals surface area contributed by atoms with Crippen LogP contribution in [-0.4, -0.2) is 21.1 Å². The molecule has 1 N–H and O–H groups in total. The first-order chi connectivity index (χ1) is 15.7. The standard InChI is InChI=1S/C27H22F2N2O2/c1-17-12-18(4-9-24(17)30-3)13-26(32)27(2,33)16-31-11-10-22-23(29)14-20(15-25(22)31)19-5-7-21(28)8-6-19/h4-12,14-15,33H,13,16H2,1-2H3/t27-/m0/s1. The van der Waals surface area contributed by atoms with E-state index in [4.69, 9.17) is 6.57 Å². The molecule has 0 fully saturated rings. The van der Waals surface area contributed by atoms with E-state index in [0.717, 1.165) is 5.56 Å². The minimum atomic E-state index is -1.69. The highest BCUT2D eigenvalue weighted by Crippen LogP contribution is 2.29. The highest BCUT2D eigenvalue weighted by Gasteiger charge is 2.31. The van der Waals surface area contributed by atoms with E-state index < -0.39 is 11.4 Å². The normalized spacial score (nSPS) is 13.0. The summed E-state index contributed by atoms with van der Waals surface area (Å²) in [6.45, 7) is 10.3. The highest BCUT2D eigenvalue weighted by molar-refractivity contribution is 5.90. The SMILES string of the molecule is [C-]#[N+]c1ccc(CC(=O)[C@@](C)(O)Cn2ccc3c(F)cc(-c4ccc(F)cc4)cc32)cc1C. The molecule has 3 aromatic carbocycles. The van der Waals surface area contributed by atoms with Crippen molar-refractivity contribution < 1.29 is 18.7 Å². The predicted octanol–water partition coefficient (Wildman–Crippen LogP) is 6.01. The fourth-order valence-corrected chi connectivity index (χ4v) is 3.95. The highest BCUT2D eigenvalue weighted by atomic mass is 19.1. The van der Waals surface area contributed by atoms with Crippen molar-refractivity contribution in [1.29, 1.82) is 0 Å². The maximum Gasteiger partial charge on any atom is 0.190 e. The van der Waals surface area contributed by atoms with Gasteiger partial charge in [0, 0.05) is 18.0 Å². The molecule has 0 saturated carbocycles. The smallest absolute Gasteiger partial charge is 0.190 e. The van der Waals surface area contributed by atoms with E-state index >= 15 is 0 Å². The Balaban J connectivity index is 1.62. The summed E-state index contributed by atoms with van der Waals surface area (Å²) >= 11 is 0. The van der Waals surface area contributed by atoms with Gasteiger partial charge in [-0.3, -0.25) is 4.79 Å². The Hall–Kier alpha value is -3.82. The Kier molecular flexibility index (Phi) is 5.84. The average molecular weight is 444 g/mol. The molecule has 4 aromatic rings. The minimum absolute atomic E-state index is 0.0144. The van der Waals surface area contributed by atoms with Gasteiger partial charge in [-0.1, -0.05) is 30.3 Å². The van der Waals surface area contributed by atoms with E-state index in [0.29, 0.717) is 33.3 Å². The summed E-state index contributed by atoms with van der Waals surface area (Å²) in [5.41, 5.74) is 2.07. The van der Waals surface area contributed by atoms with E-state index in [-0.39, 0.29) is 24.6 Å². The second-order valence-electron chi connectivity index (χ2n) is 8.45. The molecular formula is C27H22F2N2O2. The molecule has 4 nitrogen and oxygen atoms in total. The molecule has 0 aliphatic heterocycles. The fraction of sp³-hybridized carbons (Fsp3) is 0.185. The number of carbonyl (C=O) groups is 1. The molecule has 1 heterocycles. The van der Waals surface area contributed by atoms with E-state index in [1.807, 2.05) is 0 Å². The van der Waals surface area contributed by atoms with Crippen LogP contribution in [0.5, 0.6) is 0 Å². The lowest BCUT2D eigenvalue weighted by Gasteiger charge is -2.23. The zero-order chi connectivity index (χ0) is 23.8. The van der Waals surface area contributed by atoms with Crippen LogP contribution in [0.15, 0.2) is 66.9 Å². The Morgan fingerprint density at radius 2 is 1.79 bits per heavy atom. The zero-order valence-corrected chi connectivity index (χ0v) is 18.3. The number of aliphatic hydroxyl groups is 1. The van der Waals surface area contributed by atoms with Gasteiger partial charge in [-0.2, -0.15) is 0 Å². The van der Waals surface area contributed by atoms with E-state index in [1.165, 1.54) is 25.1 Å². The number of hydrogen-bond acceptors (Lipinski definition) is 2. The van der Waals surface area contributed by atoms with Crippen molar-refractivity contribution in [3.05, 3.63) is 101 Å². The van der Waals surface area contributed by atoms with Gasteiger partial charge < -0.3 is 9.67 Å². The molecule has 0 amide bonds. The van der Waals surface area contributed by atoms with Gasteiger partial charge in [-0.25, -0.2) is 13.6 Å². The van der Waals surface area contributed by atoms with Crippen LogP contribution in [0.1, 0.15) is 18.1 Å². The summed E-state index contributed by atoms with van der Waals surface area (Å²) in [7, 11) is 0. The molecule has 0 aliphatic rings. The number of benzene rings is 3. The zero-order valence-electron chi connectivity index (χ0n) is 18.3. The van der Waals surface area contributed by atoms with Gasteiger partial charge in [0.25, 0.3) is 0 Å². The number of nitrogens with zero attached hydrogens (tertiary/aromatic N) is 2. The number of carbonyl (C=O) groups excluding carboxylic acids is 1. The van der Waals surface area contributed by atoms with Gasteiger partial charge in [0.1, 0.15) is 17.2 Å². The Morgan fingerprint density at radius 3 is 2.45 bits per heavy atom. The number of ketones is 1. The molecule has 4 rings (SSSR count). The lowest BCUT2D eigenvalue weighted by molar-refractivity contribution is -0.136. The number of Topliss-reactive ketones (excluding diaryl/α,β-unsaturated/α-hetero) is 1. The van der Waals surface area contributed by atoms with Crippen LogP contribution in [0, 0.1) is 25.1 Å². The second kappa shape index (κ2) is 8.61. The quantitative estimate of drug-likeness (QED) is 0.370. The van der Waals surface area contributed by atoms with E-state index in [2.05, 4.69) is 4.85 Å². The monoisotopic (exact) mass is 444 g/mol. The summed E-state index contributed by atoms with van der Waals surface area (Å²) in [5.74, 6) is -1.20. The predicted molar refractivity (Wildman–Crippen MR) is 124 cm³/mol. The Bertz CT molecular complexity index is 1400. The van der Waals surface area contributed by atoms with Crippen LogP contribution in [-0.2, 0) is 17.8 Å². The average Bonchev–Trinajstić information content (AvgIpc) is 3.17. The van der Waals surface area contributed by atoms with Crippen LogP contribution < -0.4 is 0 Å². The molecule has 1 aromatic heterocycles. The van der Waals surface area contributed by atoms with Gasteiger partial charge in [-0.05, 0) is 66.4 Å². The first kappa shape index (κ1) is 22.4. The van der Waals surface area contributed by atoms with Crippen LogP contribution in [0.2, 0.25) is 0 Å². The summed E-state index contributed by atoms with van der Waals surface area (Å²) in [6.07, 6.45) is 1.65. The van der Waals surface area contributed by atoms with Crippen molar-refractivity contribution in [2.24, 2.45) is 0 Å². The Labute approximate surface area is 190 Å². The first-order valence-corrected chi connectivity index (χ1v) is 10.4. The van der Waals surface area contributed by atoms with Crippen molar-refractivity contribution in [2.45, 2.75) is 32.4 Å². The van der Waals surface area contributed by atoms with Gasteiger partial charge >= 0.3 is 0 Å². The van der Waals surface area contributed by atoms with Crippen LogP contribution in [0.25, 0.3) is 26.9 Å². The topological polar surface area (TPSA) is 46.6 Å². The molecular weight excluding hydrogens is 422 g/mol. The largest absolute Gasteiger partial charge is 0.380 e. The second-order valence-corrected chi connectivity index (χ2v) is 8.45. The lowest BCUT2D eigenvalue weighted by Crippen LogP contribution is -2.40. The van der Waals surface area contributed by atoms with Gasteiger partial charge in [0.2, 0.25) is 0 Å². The van der Waals surface area contributed by atoms with E-state index in [1.54, 1.807) is 60.2 Å². The number of halogens is 2. The molecule has 6 heteroatoms. The molecule has 0 radical (unpaired) electrons. The fourth-order valence-electron chi connectivity index (χ4n) is 3.95. The maximum atomic E-state index is 14.8. The van der Waals surface area contributed by atoms with Crippen molar-refractivity contribution >= 4 is 22.4 Å². The molecule has 0 aliphatic carbocycles. The third kappa shape index (κ3) is 4.55. The molecule has 0 unspecified atom stereocenters. The number of fused-ring (bicyclic) bond motifs is 1. The van der Waals surface area contributed by atoms with Crippen molar-refractivity contribution in [1.82, 2.24) is 4.57 Å². The summed E-state index contributed by atoms with van der Waals surface area (Å²) < 4.78 is 29.7. The number of aromatic nitrogens is 1. The minimum Gasteiger partial charge on any atom is -0.380 e. The third-order valence-corrected chi connectivity index (χ3v) is 5.84. The van der Waals surface area contributed by atoms with Gasteiger partial charge in [-0.15, -0.1) is 0 Å². The van der Waals surface area contributed by atoms with Crippen LogP contribution in [0.3, 0.4) is 0 Å². The maximum absolute atomic E-state index is 14.8. The van der Waals surface area contributed by atoms with Crippen molar-refractivity contribution in [3.63, 3.8) is 0 Å². The third-order valence-electron chi connectivity index (χ3n) is 5.84. The van der Waals surface area contributed by atoms with Crippen molar-refractivity contribution in [3.8, 4) is 11.1 Å². The molecule has 0 spiro atoms. The van der Waals surface area contributed by atoms with Crippen molar-refractivity contribution in [2.75, 3.05) is 0 Å². The summed E-state index contributed by atoms with van der Waals surface area (Å²) in [5, 5.41) is 11.3. The lowest BCUT2D eigenvalue weighted by atomic mass is 9.94. The van der Waals surface area contributed by atoms with Gasteiger partial charge in [0.05, 0.1) is 18.6 Å². The van der Waals surface area contributed by atoms with Crippen LogP contribution >= 0.6 is 0 Å². The molecule has 166 valence electrons. The first-order valence-electron chi connectivity index (χ1n) is 10.4. The number of rotatable bonds is 6. The number of aryl methyl sites for hydroxylation is 1.